The highest BCUT2D eigenvalue weighted by molar-refractivity contribution is 5.79. The Labute approximate surface area is 137 Å². The van der Waals surface area contributed by atoms with Gasteiger partial charge in [0, 0.05) is 66.4 Å². The van der Waals surface area contributed by atoms with Crippen LogP contribution in [0.15, 0.2) is 21.8 Å². The second kappa shape index (κ2) is 8.52. The Morgan fingerprint density at radius 2 is 2.17 bits per heavy atom. The van der Waals surface area contributed by atoms with Gasteiger partial charge in [-0.15, -0.1) is 0 Å². The Kier molecular flexibility index (Phi) is 6.40. The van der Waals surface area contributed by atoms with Gasteiger partial charge in [-0.2, -0.15) is 0 Å². The van der Waals surface area contributed by atoms with Gasteiger partial charge in [-0.05, 0) is 0 Å². The molecule has 0 spiro atoms. The van der Waals surface area contributed by atoms with Crippen molar-refractivity contribution in [1.29, 1.82) is 0 Å². The molecule has 1 aromatic rings. The van der Waals surface area contributed by atoms with Crippen molar-refractivity contribution in [3.05, 3.63) is 18.0 Å². The number of hydrogen-bond acceptors (Lipinski definition) is 5. The monoisotopic (exact) mass is 322 g/mol. The van der Waals surface area contributed by atoms with Crippen molar-refractivity contribution in [3.8, 4) is 0 Å². The second-order valence-electron chi connectivity index (χ2n) is 5.67. The zero-order chi connectivity index (χ0) is 16.7. The van der Waals surface area contributed by atoms with Crippen LogP contribution >= 0.6 is 0 Å². The maximum atomic E-state index is 11.3. The van der Waals surface area contributed by atoms with Crippen LogP contribution in [0.3, 0.4) is 0 Å². The second-order valence-corrected chi connectivity index (χ2v) is 5.67. The number of carbonyl (C=O) groups excluding carboxylic acids is 1. The van der Waals surface area contributed by atoms with Gasteiger partial charge in [-0.3, -0.25) is 14.7 Å². The fourth-order valence-electron chi connectivity index (χ4n) is 2.63. The first-order valence-corrected chi connectivity index (χ1v) is 7.89. The minimum absolute atomic E-state index is 0.164. The third-order valence-electron chi connectivity index (χ3n) is 3.99. The molecule has 1 amide bonds. The van der Waals surface area contributed by atoms with Gasteiger partial charge in [0.1, 0.15) is 12.0 Å². The van der Waals surface area contributed by atoms with E-state index in [2.05, 4.69) is 20.4 Å². The molecule has 1 fully saturated rings. The van der Waals surface area contributed by atoms with Crippen molar-refractivity contribution in [2.45, 2.75) is 13.5 Å². The maximum Gasteiger partial charge on any atom is 0.219 e. The standard InChI is InChI=1S/C15H26N6O2/c1-13(22)21-9-7-20(8-10-21)6-5-17-15(16-2)19(3)12-14-4-11-23-18-14/h4,11H,5-10,12H2,1-3H3,(H,16,17). The van der Waals surface area contributed by atoms with E-state index in [0.717, 1.165) is 50.9 Å². The van der Waals surface area contributed by atoms with E-state index in [0.29, 0.717) is 6.54 Å². The Morgan fingerprint density at radius 3 is 2.74 bits per heavy atom. The van der Waals surface area contributed by atoms with Gasteiger partial charge in [-0.25, -0.2) is 0 Å². The summed E-state index contributed by atoms with van der Waals surface area (Å²) >= 11 is 0. The molecule has 1 aliphatic heterocycles. The molecule has 0 unspecified atom stereocenters. The van der Waals surface area contributed by atoms with Crippen LogP contribution in [0.2, 0.25) is 0 Å². The van der Waals surface area contributed by atoms with Crippen LogP contribution < -0.4 is 5.32 Å². The molecule has 128 valence electrons. The zero-order valence-corrected chi connectivity index (χ0v) is 14.2. The Hall–Kier alpha value is -2.09. The number of nitrogens with one attached hydrogen (secondary N) is 1. The summed E-state index contributed by atoms with van der Waals surface area (Å²) in [6, 6.07) is 1.85. The lowest BCUT2D eigenvalue weighted by Crippen LogP contribution is -2.50. The highest BCUT2D eigenvalue weighted by Gasteiger charge is 2.18. The average molecular weight is 322 g/mol. The first-order chi connectivity index (χ1) is 11.1. The van der Waals surface area contributed by atoms with Crippen LogP contribution in [-0.4, -0.2) is 85.1 Å². The van der Waals surface area contributed by atoms with E-state index in [1.54, 1.807) is 20.2 Å². The summed E-state index contributed by atoms with van der Waals surface area (Å²) in [4.78, 5) is 21.9. The van der Waals surface area contributed by atoms with E-state index in [-0.39, 0.29) is 5.91 Å². The van der Waals surface area contributed by atoms with Crippen molar-refractivity contribution in [1.82, 2.24) is 25.2 Å². The number of rotatable bonds is 5. The summed E-state index contributed by atoms with van der Waals surface area (Å²) < 4.78 is 4.84. The first-order valence-electron chi connectivity index (χ1n) is 7.89. The fourth-order valence-corrected chi connectivity index (χ4v) is 2.63. The smallest absolute Gasteiger partial charge is 0.219 e. The van der Waals surface area contributed by atoms with Gasteiger partial charge in [-0.1, -0.05) is 5.16 Å². The van der Waals surface area contributed by atoms with Crippen molar-refractivity contribution in [2.75, 3.05) is 53.4 Å². The topological polar surface area (TPSA) is 77.2 Å². The fraction of sp³-hybridized carbons (Fsp3) is 0.667. The van der Waals surface area contributed by atoms with Gasteiger partial charge in [0.15, 0.2) is 5.96 Å². The van der Waals surface area contributed by atoms with E-state index < -0.39 is 0 Å². The molecule has 23 heavy (non-hydrogen) atoms. The summed E-state index contributed by atoms with van der Waals surface area (Å²) in [6.45, 7) is 7.51. The van der Waals surface area contributed by atoms with Gasteiger partial charge < -0.3 is 19.6 Å². The van der Waals surface area contributed by atoms with Crippen LogP contribution in [0, 0.1) is 0 Å². The molecule has 0 bridgehead atoms. The van der Waals surface area contributed by atoms with Gasteiger partial charge >= 0.3 is 0 Å². The van der Waals surface area contributed by atoms with Crippen LogP contribution in [0.5, 0.6) is 0 Å². The number of piperazine rings is 1. The number of carbonyl (C=O) groups is 1. The third-order valence-corrected chi connectivity index (χ3v) is 3.99. The van der Waals surface area contributed by atoms with Crippen molar-refractivity contribution in [2.24, 2.45) is 4.99 Å². The quantitative estimate of drug-likeness (QED) is 0.600. The van der Waals surface area contributed by atoms with Crippen LogP contribution in [0.4, 0.5) is 0 Å². The van der Waals surface area contributed by atoms with E-state index in [1.807, 2.05) is 22.9 Å². The zero-order valence-electron chi connectivity index (χ0n) is 14.2. The molecule has 1 aromatic heterocycles. The predicted octanol–water partition coefficient (Wildman–Crippen LogP) is -0.154. The molecular formula is C15H26N6O2. The van der Waals surface area contributed by atoms with E-state index in [9.17, 15) is 4.79 Å². The van der Waals surface area contributed by atoms with E-state index >= 15 is 0 Å². The lowest BCUT2D eigenvalue weighted by Gasteiger charge is -2.34. The van der Waals surface area contributed by atoms with Crippen LogP contribution in [-0.2, 0) is 11.3 Å². The summed E-state index contributed by atoms with van der Waals surface area (Å²) in [5, 5.41) is 7.27. The van der Waals surface area contributed by atoms with E-state index in [1.165, 1.54) is 0 Å². The van der Waals surface area contributed by atoms with Crippen LogP contribution in [0.1, 0.15) is 12.6 Å². The Morgan fingerprint density at radius 1 is 1.43 bits per heavy atom. The van der Waals surface area contributed by atoms with Gasteiger partial charge in [0.2, 0.25) is 5.91 Å². The summed E-state index contributed by atoms with van der Waals surface area (Å²) in [6.07, 6.45) is 1.57. The Balaban J connectivity index is 1.69. The highest BCUT2D eigenvalue weighted by Crippen LogP contribution is 2.02. The molecule has 2 rings (SSSR count). The number of amides is 1. The number of hydrogen-bond donors (Lipinski definition) is 1. The SMILES string of the molecule is CN=C(NCCN1CCN(C(C)=O)CC1)N(C)Cc1ccon1. The molecule has 1 aliphatic rings. The summed E-state index contributed by atoms with van der Waals surface area (Å²) in [7, 11) is 3.74. The minimum atomic E-state index is 0.164. The molecule has 1 N–H and O–H groups in total. The first kappa shape index (κ1) is 17.3. The van der Waals surface area contributed by atoms with E-state index in [4.69, 9.17) is 4.52 Å². The number of aromatic nitrogens is 1. The maximum absolute atomic E-state index is 11.3. The molecule has 1 saturated heterocycles. The van der Waals surface area contributed by atoms with Gasteiger partial charge in [0.25, 0.3) is 0 Å². The molecule has 8 nitrogen and oxygen atoms in total. The lowest BCUT2D eigenvalue weighted by atomic mass is 10.3. The molecule has 0 saturated carbocycles. The molecule has 2 heterocycles. The van der Waals surface area contributed by atoms with Gasteiger partial charge in [0.05, 0.1) is 6.54 Å². The number of aliphatic imine (C=N–C) groups is 1. The minimum Gasteiger partial charge on any atom is -0.364 e. The lowest BCUT2D eigenvalue weighted by molar-refractivity contribution is -0.130. The predicted molar refractivity (Wildman–Crippen MR) is 88.0 cm³/mol. The molecule has 0 radical (unpaired) electrons. The largest absolute Gasteiger partial charge is 0.364 e. The summed E-state index contributed by atoms with van der Waals surface area (Å²) in [5.41, 5.74) is 0.871. The molecule has 0 aliphatic carbocycles. The number of nitrogens with zero attached hydrogens (tertiary/aromatic N) is 5. The molecule has 8 heteroatoms. The normalized spacial score (nSPS) is 16.5. The average Bonchev–Trinajstić information content (AvgIpc) is 3.04. The highest BCUT2D eigenvalue weighted by atomic mass is 16.5. The summed E-state index contributed by atoms with van der Waals surface area (Å²) in [5.74, 6) is 0.994. The van der Waals surface area contributed by atoms with Crippen molar-refractivity contribution < 1.29 is 9.32 Å². The number of guanidine groups is 1. The van der Waals surface area contributed by atoms with Crippen molar-refractivity contribution >= 4 is 11.9 Å². The third kappa shape index (κ3) is 5.24. The molecular weight excluding hydrogens is 296 g/mol. The molecule has 0 aromatic carbocycles. The van der Waals surface area contributed by atoms with Crippen molar-refractivity contribution in [3.63, 3.8) is 0 Å². The Bertz CT molecular complexity index is 508. The molecule has 0 atom stereocenters. The van der Waals surface area contributed by atoms with Crippen LogP contribution in [0.25, 0.3) is 0 Å².